The molecule has 0 atom stereocenters. The second-order valence-corrected chi connectivity index (χ2v) is 4.00. The molecule has 1 aromatic heterocycles. The van der Waals surface area contributed by atoms with E-state index in [9.17, 15) is 17.6 Å². The monoisotopic (exact) mass is 281 g/mol. The van der Waals surface area contributed by atoms with Crippen LogP contribution in [0.4, 0.5) is 23.4 Å². The minimum absolute atomic E-state index is 0.105. The van der Waals surface area contributed by atoms with Gasteiger partial charge in [0, 0.05) is 11.8 Å². The summed E-state index contributed by atoms with van der Waals surface area (Å²) in [7, 11) is 0. The molecule has 0 bridgehead atoms. The van der Waals surface area contributed by atoms with Crippen molar-refractivity contribution in [3.8, 4) is 0 Å². The summed E-state index contributed by atoms with van der Waals surface area (Å²) >= 11 is 0. The van der Waals surface area contributed by atoms with Gasteiger partial charge in [-0.1, -0.05) is 13.3 Å². The molecular formula is C11H15F4N3O. The van der Waals surface area contributed by atoms with Crippen molar-refractivity contribution in [1.29, 1.82) is 0 Å². The maximum absolute atomic E-state index is 12.6. The van der Waals surface area contributed by atoms with Gasteiger partial charge in [-0.05, 0) is 6.42 Å². The number of hydrogen-bond acceptors (Lipinski definition) is 4. The predicted molar refractivity (Wildman–Crippen MR) is 61.0 cm³/mol. The Bertz CT molecular complexity index is 415. The van der Waals surface area contributed by atoms with Crippen molar-refractivity contribution in [2.45, 2.75) is 38.7 Å². The molecule has 8 heteroatoms. The van der Waals surface area contributed by atoms with Crippen LogP contribution in [0.1, 0.15) is 24.9 Å². The highest BCUT2D eigenvalue weighted by Gasteiger charge is 2.40. The molecule has 0 spiro atoms. The van der Waals surface area contributed by atoms with Crippen molar-refractivity contribution in [2.75, 3.05) is 12.3 Å². The zero-order valence-corrected chi connectivity index (χ0v) is 10.4. The van der Waals surface area contributed by atoms with Crippen LogP contribution in [0.5, 0.6) is 0 Å². The number of halogens is 4. The number of ether oxygens (including phenoxy) is 1. The van der Waals surface area contributed by atoms with E-state index in [2.05, 4.69) is 14.7 Å². The molecule has 108 valence electrons. The number of nitrogen functional groups attached to an aromatic ring is 1. The molecule has 0 amide bonds. The minimum Gasteiger partial charge on any atom is -0.384 e. The topological polar surface area (TPSA) is 61.0 Å². The zero-order valence-electron chi connectivity index (χ0n) is 10.4. The molecule has 0 aromatic carbocycles. The largest absolute Gasteiger partial charge is 0.384 e. The van der Waals surface area contributed by atoms with Gasteiger partial charge in [-0.25, -0.2) is 18.7 Å². The normalized spacial score (nSPS) is 12.1. The Morgan fingerprint density at radius 1 is 1.37 bits per heavy atom. The number of aromatic nitrogens is 2. The van der Waals surface area contributed by atoms with Crippen molar-refractivity contribution >= 4 is 5.82 Å². The van der Waals surface area contributed by atoms with E-state index >= 15 is 0 Å². The van der Waals surface area contributed by atoms with E-state index in [1.54, 1.807) is 6.07 Å². The van der Waals surface area contributed by atoms with Gasteiger partial charge in [0.1, 0.15) is 19.0 Å². The van der Waals surface area contributed by atoms with Crippen LogP contribution < -0.4 is 5.73 Å². The van der Waals surface area contributed by atoms with Crippen LogP contribution in [0.2, 0.25) is 0 Å². The molecule has 1 aromatic rings. The van der Waals surface area contributed by atoms with Crippen LogP contribution >= 0.6 is 0 Å². The third kappa shape index (κ3) is 4.98. The molecule has 0 unspecified atom stereocenters. The Kier molecular flexibility index (Phi) is 5.46. The Labute approximate surface area is 108 Å². The summed E-state index contributed by atoms with van der Waals surface area (Å²) in [5.41, 5.74) is 6.18. The number of hydrogen-bond donors (Lipinski definition) is 1. The van der Waals surface area contributed by atoms with Crippen LogP contribution in [0.3, 0.4) is 0 Å². The van der Waals surface area contributed by atoms with E-state index < -0.39 is 19.0 Å². The van der Waals surface area contributed by atoms with Gasteiger partial charge in [0.05, 0.1) is 0 Å². The molecule has 0 fully saturated rings. The molecule has 4 nitrogen and oxygen atoms in total. The summed E-state index contributed by atoms with van der Waals surface area (Å²) in [6, 6.07) is 1.57. The minimum atomic E-state index is -4.17. The average Bonchev–Trinajstić information content (AvgIpc) is 2.28. The van der Waals surface area contributed by atoms with Gasteiger partial charge in [0.15, 0.2) is 5.82 Å². The molecule has 0 radical (unpaired) electrons. The second kappa shape index (κ2) is 6.65. The molecule has 0 aliphatic heterocycles. The van der Waals surface area contributed by atoms with Gasteiger partial charge in [-0.3, -0.25) is 0 Å². The van der Waals surface area contributed by atoms with E-state index in [1.807, 2.05) is 6.92 Å². The van der Waals surface area contributed by atoms with Gasteiger partial charge < -0.3 is 10.5 Å². The first-order valence-electron chi connectivity index (χ1n) is 5.71. The Morgan fingerprint density at radius 3 is 2.63 bits per heavy atom. The van der Waals surface area contributed by atoms with Gasteiger partial charge >= 0.3 is 12.3 Å². The fourth-order valence-electron chi connectivity index (χ4n) is 1.37. The smallest absolute Gasteiger partial charge is 0.330 e. The van der Waals surface area contributed by atoms with Crippen molar-refractivity contribution < 1.29 is 22.3 Å². The van der Waals surface area contributed by atoms with E-state index in [1.165, 1.54) is 0 Å². The standard InChI is InChI=1S/C11H15F4N3O/c1-2-3-7-4-8(16)18-9(17-7)5-19-6-11(14,15)10(12)13/h4,10H,2-3,5-6H2,1H3,(H2,16,17,18). The molecule has 0 aliphatic rings. The maximum atomic E-state index is 12.6. The lowest BCUT2D eigenvalue weighted by Gasteiger charge is -2.14. The molecule has 1 rings (SSSR count). The Morgan fingerprint density at radius 2 is 2.05 bits per heavy atom. The fraction of sp³-hybridized carbons (Fsp3) is 0.636. The summed E-state index contributed by atoms with van der Waals surface area (Å²) in [5, 5.41) is 0. The third-order valence-electron chi connectivity index (χ3n) is 2.20. The van der Waals surface area contributed by atoms with Gasteiger partial charge in [-0.2, -0.15) is 8.78 Å². The number of nitrogens with zero attached hydrogens (tertiary/aromatic N) is 2. The summed E-state index contributed by atoms with van der Waals surface area (Å²) in [5.74, 6) is -3.88. The van der Waals surface area contributed by atoms with Crippen molar-refractivity contribution in [3.05, 3.63) is 17.6 Å². The molecule has 1 heterocycles. The SMILES string of the molecule is CCCc1cc(N)nc(COCC(F)(F)C(F)F)n1. The van der Waals surface area contributed by atoms with Gasteiger partial charge in [0.2, 0.25) is 0 Å². The van der Waals surface area contributed by atoms with E-state index in [0.717, 1.165) is 6.42 Å². The molecule has 0 saturated carbocycles. The summed E-state index contributed by atoms with van der Waals surface area (Å²) < 4.78 is 53.5. The van der Waals surface area contributed by atoms with Crippen LogP contribution in [-0.4, -0.2) is 28.9 Å². The van der Waals surface area contributed by atoms with Crippen LogP contribution in [0, 0.1) is 0 Å². The Balaban J connectivity index is 2.58. The number of anilines is 1. The maximum Gasteiger partial charge on any atom is 0.330 e. The number of nitrogens with two attached hydrogens (primary N) is 1. The molecule has 19 heavy (non-hydrogen) atoms. The number of aryl methyl sites for hydroxylation is 1. The van der Waals surface area contributed by atoms with Crippen LogP contribution in [0.25, 0.3) is 0 Å². The zero-order chi connectivity index (χ0) is 14.5. The molecular weight excluding hydrogens is 266 g/mol. The second-order valence-electron chi connectivity index (χ2n) is 4.00. The highest BCUT2D eigenvalue weighted by atomic mass is 19.3. The van der Waals surface area contributed by atoms with E-state index in [-0.39, 0.29) is 18.2 Å². The molecule has 2 N–H and O–H groups in total. The lowest BCUT2D eigenvalue weighted by atomic mass is 10.2. The summed E-state index contributed by atoms with van der Waals surface area (Å²) in [4.78, 5) is 7.83. The van der Waals surface area contributed by atoms with Gasteiger partial charge in [0.25, 0.3) is 0 Å². The van der Waals surface area contributed by atoms with Crippen molar-refractivity contribution in [2.24, 2.45) is 0 Å². The molecule has 0 saturated heterocycles. The summed E-state index contributed by atoms with van der Waals surface area (Å²) in [6.07, 6.45) is -2.27. The van der Waals surface area contributed by atoms with Crippen LogP contribution in [0.15, 0.2) is 6.07 Å². The highest BCUT2D eigenvalue weighted by molar-refractivity contribution is 5.29. The number of rotatable bonds is 7. The quantitative estimate of drug-likeness (QED) is 0.780. The van der Waals surface area contributed by atoms with E-state index in [4.69, 9.17) is 5.73 Å². The first kappa shape index (κ1) is 15.6. The Hall–Kier alpha value is -1.44. The van der Waals surface area contributed by atoms with Gasteiger partial charge in [-0.15, -0.1) is 0 Å². The number of alkyl halides is 4. The molecule has 0 aliphatic carbocycles. The first-order valence-corrected chi connectivity index (χ1v) is 5.71. The average molecular weight is 281 g/mol. The van der Waals surface area contributed by atoms with Crippen molar-refractivity contribution in [1.82, 2.24) is 9.97 Å². The van der Waals surface area contributed by atoms with E-state index in [0.29, 0.717) is 12.1 Å². The fourth-order valence-corrected chi connectivity index (χ4v) is 1.37. The third-order valence-corrected chi connectivity index (χ3v) is 2.20. The lowest BCUT2D eigenvalue weighted by molar-refractivity contribution is -0.168. The van der Waals surface area contributed by atoms with Crippen molar-refractivity contribution in [3.63, 3.8) is 0 Å². The highest BCUT2D eigenvalue weighted by Crippen LogP contribution is 2.23. The van der Waals surface area contributed by atoms with Crippen LogP contribution in [-0.2, 0) is 17.8 Å². The lowest BCUT2D eigenvalue weighted by Crippen LogP contribution is -2.32. The summed E-state index contributed by atoms with van der Waals surface area (Å²) in [6.45, 7) is 0.174. The first-order chi connectivity index (χ1) is 8.85. The predicted octanol–water partition coefficient (Wildman–Crippen LogP) is 2.43.